The van der Waals surface area contributed by atoms with Gasteiger partial charge in [0.1, 0.15) is 22.3 Å². The van der Waals surface area contributed by atoms with Crippen LogP contribution in [-0.2, 0) is 10.0 Å². The standard InChI is InChI=1S/C16H12ClF2N3O3S2/c17-10-7-14(27(23,24)22-16-21-5-6-26-16)12(19)8-13(10)25-15(20)9-3-1-2-4-11(9)18/h1-8,15H,20H2,(H,21,22)/t15-/m1/s1. The highest BCUT2D eigenvalue weighted by Crippen LogP contribution is 2.33. The molecule has 27 heavy (non-hydrogen) atoms. The van der Waals surface area contributed by atoms with E-state index in [1.807, 2.05) is 0 Å². The zero-order valence-electron chi connectivity index (χ0n) is 13.4. The first-order valence-electron chi connectivity index (χ1n) is 7.36. The van der Waals surface area contributed by atoms with Crippen molar-refractivity contribution in [3.05, 3.63) is 70.2 Å². The van der Waals surface area contributed by atoms with E-state index < -0.39 is 32.8 Å². The maximum absolute atomic E-state index is 14.4. The molecule has 0 fully saturated rings. The van der Waals surface area contributed by atoms with Gasteiger partial charge >= 0.3 is 0 Å². The monoisotopic (exact) mass is 431 g/mol. The number of halogens is 3. The van der Waals surface area contributed by atoms with Crippen LogP contribution in [0, 0.1) is 11.6 Å². The van der Waals surface area contributed by atoms with E-state index >= 15 is 0 Å². The number of nitrogens with one attached hydrogen (secondary N) is 1. The molecule has 0 saturated heterocycles. The summed E-state index contributed by atoms with van der Waals surface area (Å²) in [5, 5.41) is 1.43. The Bertz CT molecular complexity index is 1060. The van der Waals surface area contributed by atoms with Crippen LogP contribution in [0.3, 0.4) is 0 Å². The first kappa shape index (κ1) is 19.5. The lowest BCUT2D eigenvalue weighted by Gasteiger charge is -2.17. The van der Waals surface area contributed by atoms with E-state index in [1.54, 1.807) is 11.4 Å². The molecule has 3 rings (SSSR count). The molecule has 142 valence electrons. The minimum atomic E-state index is -4.25. The van der Waals surface area contributed by atoms with Crippen molar-refractivity contribution in [2.24, 2.45) is 5.73 Å². The van der Waals surface area contributed by atoms with Gasteiger partial charge in [-0.1, -0.05) is 29.8 Å². The van der Waals surface area contributed by atoms with E-state index in [0.717, 1.165) is 23.5 Å². The Labute approximate surface area is 162 Å². The fourth-order valence-corrected chi connectivity index (χ4v) is 4.30. The van der Waals surface area contributed by atoms with Gasteiger partial charge in [0.25, 0.3) is 10.0 Å². The number of hydrogen-bond acceptors (Lipinski definition) is 6. The SMILES string of the molecule is N[C@H](Oc1cc(F)c(S(=O)(=O)Nc2nccs2)cc1Cl)c1ccccc1F. The molecule has 6 nitrogen and oxygen atoms in total. The highest BCUT2D eigenvalue weighted by molar-refractivity contribution is 7.93. The van der Waals surface area contributed by atoms with E-state index in [0.29, 0.717) is 0 Å². The number of nitrogens with zero attached hydrogens (tertiary/aromatic N) is 1. The summed E-state index contributed by atoms with van der Waals surface area (Å²) in [5.41, 5.74) is 5.82. The van der Waals surface area contributed by atoms with Crippen molar-refractivity contribution >= 4 is 38.1 Å². The van der Waals surface area contributed by atoms with Crippen molar-refractivity contribution in [2.75, 3.05) is 4.72 Å². The van der Waals surface area contributed by atoms with Crippen molar-refractivity contribution < 1.29 is 21.9 Å². The minimum absolute atomic E-state index is 0.0381. The smallest absolute Gasteiger partial charge is 0.266 e. The van der Waals surface area contributed by atoms with Crippen LogP contribution in [0.1, 0.15) is 11.8 Å². The molecule has 0 radical (unpaired) electrons. The number of thiazole rings is 1. The van der Waals surface area contributed by atoms with Crippen LogP contribution in [0.15, 0.2) is 52.9 Å². The van der Waals surface area contributed by atoms with Gasteiger partial charge in [0.15, 0.2) is 11.4 Å². The second kappa shape index (κ2) is 7.77. The first-order valence-corrected chi connectivity index (χ1v) is 10.1. The number of benzene rings is 2. The second-order valence-corrected chi connectivity index (χ2v) is 8.17. The third-order valence-corrected chi connectivity index (χ3v) is 5.86. The third-order valence-electron chi connectivity index (χ3n) is 3.40. The van der Waals surface area contributed by atoms with Crippen LogP contribution in [-0.4, -0.2) is 13.4 Å². The summed E-state index contributed by atoms with van der Waals surface area (Å²) in [4.78, 5) is 3.09. The molecule has 0 aliphatic heterocycles. The molecule has 0 aliphatic rings. The Balaban J connectivity index is 1.88. The van der Waals surface area contributed by atoms with E-state index in [-0.39, 0.29) is 21.5 Å². The van der Waals surface area contributed by atoms with Gasteiger partial charge in [0.2, 0.25) is 0 Å². The largest absolute Gasteiger partial charge is 0.470 e. The summed E-state index contributed by atoms with van der Waals surface area (Å²) < 4.78 is 60.2. The number of nitrogens with two attached hydrogens (primary N) is 1. The number of anilines is 1. The summed E-state index contributed by atoms with van der Waals surface area (Å²) in [6, 6.07) is 7.30. The second-order valence-electron chi connectivity index (χ2n) is 5.22. The zero-order valence-corrected chi connectivity index (χ0v) is 15.8. The molecule has 0 bridgehead atoms. The van der Waals surface area contributed by atoms with E-state index in [4.69, 9.17) is 22.1 Å². The molecule has 0 amide bonds. The first-order chi connectivity index (χ1) is 12.8. The van der Waals surface area contributed by atoms with Crippen LogP contribution in [0.5, 0.6) is 5.75 Å². The van der Waals surface area contributed by atoms with Crippen LogP contribution >= 0.6 is 22.9 Å². The molecule has 0 spiro atoms. The lowest BCUT2D eigenvalue weighted by Crippen LogP contribution is -2.19. The summed E-state index contributed by atoms with van der Waals surface area (Å²) in [5.74, 6) is -1.94. The van der Waals surface area contributed by atoms with E-state index in [9.17, 15) is 17.2 Å². The fourth-order valence-electron chi connectivity index (χ4n) is 2.16. The molecule has 3 N–H and O–H groups in total. The molecule has 0 saturated carbocycles. The molecular weight excluding hydrogens is 420 g/mol. The van der Waals surface area contributed by atoms with Crippen molar-refractivity contribution in [1.82, 2.24) is 4.98 Å². The van der Waals surface area contributed by atoms with E-state index in [1.165, 1.54) is 24.4 Å². The summed E-state index contributed by atoms with van der Waals surface area (Å²) in [6.07, 6.45) is 0.131. The molecule has 0 aliphatic carbocycles. The molecule has 1 heterocycles. The number of ether oxygens (including phenoxy) is 1. The molecule has 1 aromatic heterocycles. The highest BCUT2D eigenvalue weighted by Gasteiger charge is 2.24. The van der Waals surface area contributed by atoms with Crippen molar-refractivity contribution in [3.8, 4) is 5.75 Å². The maximum atomic E-state index is 14.4. The molecule has 2 aromatic carbocycles. The van der Waals surface area contributed by atoms with Crippen LogP contribution < -0.4 is 15.2 Å². The summed E-state index contributed by atoms with van der Waals surface area (Å²) in [6.45, 7) is 0. The Morgan fingerprint density at radius 3 is 2.63 bits per heavy atom. The van der Waals surface area contributed by atoms with Gasteiger partial charge < -0.3 is 4.74 Å². The van der Waals surface area contributed by atoms with Gasteiger partial charge in [-0.2, -0.15) is 0 Å². The summed E-state index contributed by atoms with van der Waals surface area (Å²) >= 11 is 7.05. The van der Waals surface area contributed by atoms with Crippen LogP contribution in [0.4, 0.5) is 13.9 Å². The number of aromatic nitrogens is 1. The predicted octanol–water partition coefficient (Wildman–Crippen LogP) is 3.91. The lowest BCUT2D eigenvalue weighted by atomic mass is 10.2. The highest BCUT2D eigenvalue weighted by atomic mass is 35.5. The van der Waals surface area contributed by atoms with Gasteiger partial charge in [0, 0.05) is 23.2 Å². The lowest BCUT2D eigenvalue weighted by molar-refractivity contribution is 0.208. The van der Waals surface area contributed by atoms with Crippen molar-refractivity contribution in [1.29, 1.82) is 0 Å². The predicted molar refractivity (Wildman–Crippen MR) is 98.3 cm³/mol. The van der Waals surface area contributed by atoms with Crippen LogP contribution in [0.25, 0.3) is 0 Å². The Morgan fingerprint density at radius 2 is 1.96 bits per heavy atom. The van der Waals surface area contributed by atoms with Gasteiger partial charge in [-0.15, -0.1) is 11.3 Å². The normalized spacial score (nSPS) is 12.6. The fraction of sp³-hybridized carbons (Fsp3) is 0.0625. The molecule has 3 aromatic rings. The summed E-state index contributed by atoms with van der Waals surface area (Å²) in [7, 11) is -4.25. The molecule has 0 unspecified atom stereocenters. The average molecular weight is 432 g/mol. The maximum Gasteiger partial charge on any atom is 0.266 e. The topological polar surface area (TPSA) is 94.3 Å². The minimum Gasteiger partial charge on any atom is -0.470 e. The Hall–Kier alpha value is -2.27. The Morgan fingerprint density at radius 1 is 1.22 bits per heavy atom. The number of rotatable bonds is 6. The number of sulfonamides is 1. The number of hydrogen-bond donors (Lipinski definition) is 2. The third kappa shape index (κ3) is 4.35. The van der Waals surface area contributed by atoms with Gasteiger partial charge in [-0.05, 0) is 12.1 Å². The van der Waals surface area contributed by atoms with Gasteiger partial charge in [-0.3, -0.25) is 10.5 Å². The van der Waals surface area contributed by atoms with Gasteiger partial charge in [0.05, 0.1) is 5.02 Å². The van der Waals surface area contributed by atoms with Crippen molar-refractivity contribution in [3.63, 3.8) is 0 Å². The van der Waals surface area contributed by atoms with Gasteiger partial charge in [-0.25, -0.2) is 22.2 Å². The van der Waals surface area contributed by atoms with Crippen molar-refractivity contribution in [2.45, 2.75) is 11.1 Å². The quantitative estimate of drug-likeness (QED) is 0.577. The Kier molecular flexibility index (Phi) is 5.61. The molecular formula is C16H12ClF2N3O3S2. The zero-order chi connectivity index (χ0) is 19.6. The molecule has 1 atom stereocenters. The van der Waals surface area contributed by atoms with E-state index in [2.05, 4.69) is 9.71 Å². The molecule has 11 heteroatoms. The average Bonchev–Trinajstić information content (AvgIpc) is 3.10. The van der Waals surface area contributed by atoms with Crippen LogP contribution in [0.2, 0.25) is 5.02 Å².